The van der Waals surface area contributed by atoms with Crippen molar-refractivity contribution in [3.05, 3.63) is 120 Å². The van der Waals surface area contributed by atoms with E-state index in [1.807, 2.05) is 0 Å². The Kier molecular flexibility index (Phi) is 3.95. The van der Waals surface area contributed by atoms with Gasteiger partial charge < -0.3 is 0 Å². The molecule has 1 aliphatic carbocycles. The first-order chi connectivity index (χ1) is 13.4. The number of hydrogen-bond acceptors (Lipinski definition) is 0. The Morgan fingerprint density at radius 1 is 0.444 bits per heavy atom. The van der Waals surface area contributed by atoms with Gasteiger partial charge in [0.25, 0.3) is 0 Å². The number of hydrogen-bond donors (Lipinski definition) is 0. The second-order valence-corrected chi connectivity index (χ2v) is 7.03. The number of rotatable bonds is 3. The van der Waals surface area contributed by atoms with E-state index in [2.05, 4.69) is 109 Å². The van der Waals surface area contributed by atoms with E-state index in [1.165, 1.54) is 44.5 Å². The molecule has 0 saturated carbocycles. The third kappa shape index (κ3) is 3.00. The molecule has 0 N–H and O–H groups in total. The smallest absolute Gasteiger partial charge is 0.000751 e. The summed E-state index contributed by atoms with van der Waals surface area (Å²) in [6, 6.07) is 36.9. The molecular weight excluding hydrogens is 324 g/mol. The lowest BCUT2D eigenvalue weighted by molar-refractivity contribution is 1.31. The van der Waals surface area contributed by atoms with Crippen LogP contribution in [0.4, 0.5) is 0 Å². The van der Waals surface area contributed by atoms with Crippen LogP contribution >= 0.6 is 0 Å². The summed E-state index contributed by atoms with van der Waals surface area (Å²) >= 11 is 0. The lowest BCUT2D eigenvalue weighted by Gasteiger charge is -2.10. The van der Waals surface area contributed by atoms with E-state index in [-0.39, 0.29) is 0 Å². The molecule has 0 saturated heterocycles. The van der Waals surface area contributed by atoms with Crippen LogP contribution in [0.1, 0.15) is 16.7 Å². The quantitative estimate of drug-likeness (QED) is 0.371. The average molecular weight is 344 g/mol. The first-order valence-corrected chi connectivity index (χ1v) is 9.42. The van der Waals surface area contributed by atoms with Crippen molar-refractivity contribution in [2.75, 3.05) is 0 Å². The molecule has 128 valence electrons. The molecule has 0 bridgehead atoms. The standard InChI is InChI=1S/C27H20/c1-3-8-20(9-4-1)22-14-16-23(17-15-22)26-13-7-12-24-18-25(19-27(24)26)21-10-5-2-6-11-21/h1-18H,19H2. The highest BCUT2D eigenvalue weighted by Gasteiger charge is 2.17. The van der Waals surface area contributed by atoms with Crippen LogP contribution in [-0.4, -0.2) is 0 Å². The van der Waals surface area contributed by atoms with E-state index in [4.69, 9.17) is 0 Å². The summed E-state index contributed by atoms with van der Waals surface area (Å²) in [5.74, 6) is 0. The molecule has 5 rings (SSSR count). The number of benzene rings is 4. The van der Waals surface area contributed by atoms with Crippen molar-refractivity contribution in [2.45, 2.75) is 6.42 Å². The molecule has 1 aliphatic rings. The van der Waals surface area contributed by atoms with E-state index >= 15 is 0 Å². The third-order valence-corrected chi connectivity index (χ3v) is 5.36. The zero-order valence-electron chi connectivity index (χ0n) is 15.1. The first-order valence-electron chi connectivity index (χ1n) is 9.42. The second kappa shape index (κ2) is 6.74. The molecule has 0 unspecified atom stereocenters. The highest BCUT2D eigenvalue weighted by Crippen LogP contribution is 2.38. The molecule has 4 aromatic carbocycles. The van der Waals surface area contributed by atoms with E-state index in [1.54, 1.807) is 0 Å². The highest BCUT2D eigenvalue weighted by atomic mass is 14.2. The molecule has 0 aromatic heterocycles. The van der Waals surface area contributed by atoms with Gasteiger partial charge >= 0.3 is 0 Å². The summed E-state index contributed by atoms with van der Waals surface area (Å²) in [6.07, 6.45) is 3.34. The summed E-state index contributed by atoms with van der Waals surface area (Å²) < 4.78 is 0. The van der Waals surface area contributed by atoms with Crippen LogP contribution < -0.4 is 0 Å². The van der Waals surface area contributed by atoms with Gasteiger partial charge in [0.05, 0.1) is 0 Å². The van der Waals surface area contributed by atoms with Gasteiger partial charge in [0.15, 0.2) is 0 Å². The van der Waals surface area contributed by atoms with Crippen LogP contribution in [0.15, 0.2) is 103 Å². The lowest BCUT2D eigenvalue weighted by atomic mass is 9.94. The van der Waals surface area contributed by atoms with Gasteiger partial charge in [-0.05, 0) is 50.9 Å². The van der Waals surface area contributed by atoms with Crippen LogP contribution in [0.25, 0.3) is 33.9 Å². The summed E-state index contributed by atoms with van der Waals surface area (Å²) in [4.78, 5) is 0. The Balaban J connectivity index is 1.49. The van der Waals surface area contributed by atoms with Crippen molar-refractivity contribution in [3.8, 4) is 22.3 Å². The maximum atomic E-state index is 2.34. The monoisotopic (exact) mass is 344 g/mol. The van der Waals surface area contributed by atoms with Crippen LogP contribution in [-0.2, 0) is 6.42 Å². The molecule has 0 heteroatoms. The summed E-state index contributed by atoms with van der Waals surface area (Å²) in [5.41, 5.74) is 10.6. The van der Waals surface area contributed by atoms with Gasteiger partial charge in [0, 0.05) is 0 Å². The fraction of sp³-hybridized carbons (Fsp3) is 0.0370. The Morgan fingerprint density at radius 2 is 1.04 bits per heavy atom. The maximum absolute atomic E-state index is 2.34. The molecule has 0 amide bonds. The van der Waals surface area contributed by atoms with Gasteiger partial charge in [-0.25, -0.2) is 0 Å². The summed E-state index contributed by atoms with van der Waals surface area (Å²) in [7, 11) is 0. The van der Waals surface area contributed by atoms with E-state index in [0.29, 0.717) is 0 Å². The minimum atomic E-state index is 0.996. The molecule has 0 fully saturated rings. The van der Waals surface area contributed by atoms with Crippen LogP contribution in [0.3, 0.4) is 0 Å². The summed E-state index contributed by atoms with van der Waals surface area (Å²) in [5, 5.41) is 0. The Hall–Kier alpha value is -3.38. The Morgan fingerprint density at radius 3 is 1.74 bits per heavy atom. The predicted octanol–water partition coefficient (Wildman–Crippen LogP) is 7.12. The van der Waals surface area contributed by atoms with Gasteiger partial charge in [-0.1, -0.05) is 109 Å². The molecule has 27 heavy (non-hydrogen) atoms. The molecule has 0 nitrogen and oxygen atoms in total. The van der Waals surface area contributed by atoms with Crippen molar-refractivity contribution in [2.24, 2.45) is 0 Å². The minimum absolute atomic E-state index is 0.996. The van der Waals surface area contributed by atoms with Gasteiger partial charge in [-0.15, -0.1) is 0 Å². The van der Waals surface area contributed by atoms with E-state index in [0.717, 1.165) is 6.42 Å². The summed E-state index contributed by atoms with van der Waals surface area (Å²) in [6.45, 7) is 0. The SMILES string of the molecule is C1=C(c2ccccc2)Cc2c1cccc2-c1ccc(-c2ccccc2)cc1. The van der Waals surface area contributed by atoms with Crippen molar-refractivity contribution in [1.29, 1.82) is 0 Å². The van der Waals surface area contributed by atoms with E-state index in [9.17, 15) is 0 Å². The van der Waals surface area contributed by atoms with Gasteiger partial charge in [-0.2, -0.15) is 0 Å². The fourth-order valence-electron chi connectivity index (χ4n) is 3.95. The fourth-order valence-corrected chi connectivity index (χ4v) is 3.95. The molecule has 0 heterocycles. The first kappa shape index (κ1) is 15.8. The topological polar surface area (TPSA) is 0 Å². The van der Waals surface area contributed by atoms with Crippen molar-refractivity contribution < 1.29 is 0 Å². The predicted molar refractivity (Wildman–Crippen MR) is 115 cm³/mol. The zero-order valence-corrected chi connectivity index (χ0v) is 15.1. The maximum Gasteiger partial charge on any atom is -0.000751 e. The molecule has 0 radical (unpaired) electrons. The van der Waals surface area contributed by atoms with Crippen LogP contribution in [0, 0.1) is 0 Å². The van der Waals surface area contributed by atoms with Gasteiger partial charge in [0.1, 0.15) is 0 Å². The van der Waals surface area contributed by atoms with Crippen molar-refractivity contribution in [1.82, 2.24) is 0 Å². The average Bonchev–Trinajstić information content (AvgIpc) is 3.20. The van der Waals surface area contributed by atoms with Crippen LogP contribution in [0.2, 0.25) is 0 Å². The van der Waals surface area contributed by atoms with Gasteiger partial charge in [0.2, 0.25) is 0 Å². The molecule has 0 atom stereocenters. The normalized spacial score (nSPS) is 12.5. The number of fused-ring (bicyclic) bond motifs is 1. The lowest BCUT2D eigenvalue weighted by Crippen LogP contribution is -1.91. The largest absolute Gasteiger partial charge is 0.0622 e. The molecule has 0 aliphatic heterocycles. The van der Waals surface area contributed by atoms with Gasteiger partial charge in [-0.3, -0.25) is 0 Å². The molecular formula is C27H20. The third-order valence-electron chi connectivity index (χ3n) is 5.36. The second-order valence-electron chi connectivity index (χ2n) is 7.03. The van der Waals surface area contributed by atoms with Crippen LogP contribution in [0.5, 0.6) is 0 Å². The molecule has 0 spiro atoms. The Labute approximate surface area is 160 Å². The zero-order chi connectivity index (χ0) is 18.1. The minimum Gasteiger partial charge on any atom is -0.0622 e. The van der Waals surface area contributed by atoms with Crippen molar-refractivity contribution in [3.63, 3.8) is 0 Å². The molecule has 4 aromatic rings. The number of allylic oxidation sites excluding steroid dienone is 1. The Bertz CT molecular complexity index is 1100. The highest BCUT2D eigenvalue weighted by molar-refractivity contribution is 5.92. The van der Waals surface area contributed by atoms with Crippen molar-refractivity contribution >= 4 is 11.6 Å². The van der Waals surface area contributed by atoms with E-state index < -0.39 is 0 Å².